The highest BCUT2D eigenvalue weighted by molar-refractivity contribution is 7.18. The summed E-state index contributed by atoms with van der Waals surface area (Å²) in [7, 11) is 0.0725. The van der Waals surface area contributed by atoms with Crippen molar-refractivity contribution in [1.29, 1.82) is 0 Å². The molecule has 23 aromatic rings. The molecule has 4 nitrogen and oxygen atoms in total. The lowest BCUT2D eigenvalue weighted by Gasteiger charge is -2.29. The lowest BCUT2D eigenvalue weighted by atomic mass is 9.87. The van der Waals surface area contributed by atoms with E-state index in [9.17, 15) is 0 Å². The van der Waals surface area contributed by atoms with Gasteiger partial charge in [0.25, 0.3) is 0 Å². The van der Waals surface area contributed by atoms with E-state index in [0.29, 0.717) is 0 Å². The fourth-order valence-electron chi connectivity index (χ4n) is 19.5. The van der Waals surface area contributed by atoms with Gasteiger partial charge in [0.05, 0.1) is 38.8 Å². The van der Waals surface area contributed by atoms with Crippen LogP contribution in [0.3, 0.4) is 0 Å². The highest BCUT2D eigenvalue weighted by Gasteiger charge is 2.39. The minimum atomic E-state index is -2.12. The van der Waals surface area contributed by atoms with E-state index in [1.807, 2.05) is 11.3 Å². The number of aromatic nitrogens is 4. The molecule has 117 heavy (non-hydrogen) atoms. The maximum atomic E-state index is 2.54. The van der Waals surface area contributed by atoms with Crippen molar-refractivity contribution in [2.45, 2.75) is 13.1 Å². The number of nitrogens with zero attached hydrogens (tertiary/aromatic N) is 4. The van der Waals surface area contributed by atoms with Crippen LogP contribution in [0.15, 0.2) is 419 Å². The number of hydrogen-bond acceptors (Lipinski definition) is 1. The van der Waals surface area contributed by atoms with Crippen LogP contribution in [0.4, 0.5) is 0 Å². The molecule has 552 valence electrons. The first-order valence-corrected chi connectivity index (χ1v) is 44.3. The van der Waals surface area contributed by atoms with Gasteiger partial charge in [-0.15, -0.1) is 11.3 Å². The molecule has 0 amide bonds. The smallest absolute Gasteiger partial charge is 0.134 e. The maximum Gasteiger partial charge on any atom is 0.134 e. The third-order valence-corrected chi connectivity index (χ3v) is 29.1. The minimum absolute atomic E-state index is 1.16. The number of allylic oxidation sites excluding steroid dienone is 2. The number of hydrogen-bond donors (Lipinski definition) is 0. The number of para-hydroxylation sites is 6. The maximum absolute atomic E-state index is 2.54. The van der Waals surface area contributed by atoms with E-state index in [4.69, 9.17) is 0 Å². The summed E-state index contributed by atoms with van der Waals surface area (Å²) < 4.78 is 9.72. The molecule has 6 heterocycles. The Labute approximate surface area is 683 Å². The zero-order valence-corrected chi connectivity index (χ0v) is 66.9. The van der Waals surface area contributed by atoms with Crippen molar-refractivity contribution in [3.05, 3.63) is 424 Å². The van der Waals surface area contributed by atoms with Crippen LogP contribution in [0.5, 0.6) is 0 Å². The molecule has 1 aliphatic heterocycles. The Hall–Kier alpha value is -14.4. The van der Waals surface area contributed by atoms with E-state index in [-0.39, 0.29) is 0 Å². The topological polar surface area (TPSA) is 19.7 Å². The SMILES string of the molecule is C[Si]1(C)C(c2c3ccccc3c(-c3ccccc3)c3ccccc23)=CC=C1n1c2ccccc2c2ccccc21.Cn1c(-c2c3ccccc3c(-c3ccccc3)c3ccccc23)ccc1-n1c2ccccc2c2ccccc21.c1ccc(-c2c3ccccc3c(-c3ccc(-n4c5ccccc5c5ccccc54)s3)c3ccccc23)cc1. The fraction of sp³-hybridized carbons (Fsp3) is 0.0270. The fourth-order valence-corrected chi connectivity index (χ4v) is 23.6. The monoisotopic (exact) mass is 1530 g/mol. The predicted octanol–water partition coefficient (Wildman–Crippen LogP) is 30.7. The van der Waals surface area contributed by atoms with Gasteiger partial charge in [-0.3, -0.25) is 4.57 Å². The molecular formula is C111H78N4SSi. The number of fused-ring (bicyclic) bond motifs is 15. The molecule has 24 rings (SSSR count). The van der Waals surface area contributed by atoms with Crippen LogP contribution in [0, 0.1) is 0 Å². The van der Waals surface area contributed by atoms with Crippen molar-refractivity contribution < 1.29 is 0 Å². The molecule has 0 spiro atoms. The molecule has 0 radical (unpaired) electrons. The van der Waals surface area contributed by atoms with Crippen molar-refractivity contribution in [3.63, 3.8) is 0 Å². The van der Waals surface area contributed by atoms with Gasteiger partial charge in [-0.05, 0) is 176 Å². The lowest BCUT2D eigenvalue weighted by Crippen LogP contribution is -2.31. The molecular weight excluding hydrogens is 1450 g/mol. The molecule has 0 aliphatic carbocycles. The highest BCUT2D eigenvalue weighted by Crippen LogP contribution is 2.52. The van der Waals surface area contributed by atoms with Crippen LogP contribution in [0.25, 0.3) is 206 Å². The molecule has 0 bridgehead atoms. The molecule has 0 unspecified atom stereocenters. The summed E-state index contributed by atoms with van der Waals surface area (Å²) in [5.74, 6) is 1.16. The number of benzene rings is 18. The van der Waals surface area contributed by atoms with Crippen molar-refractivity contribution in [3.8, 4) is 65.9 Å². The molecule has 0 saturated carbocycles. The van der Waals surface area contributed by atoms with E-state index in [1.54, 1.807) is 0 Å². The zero-order valence-electron chi connectivity index (χ0n) is 65.0. The van der Waals surface area contributed by atoms with Crippen LogP contribution in [-0.2, 0) is 7.05 Å². The van der Waals surface area contributed by atoms with E-state index in [1.165, 1.54) is 206 Å². The molecule has 18 aromatic carbocycles. The van der Waals surface area contributed by atoms with Gasteiger partial charge in [0.1, 0.15) is 18.9 Å². The molecule has 0 fully saturated rings. The minimum Gasteiger partial charge on any atom is -0.330 e. The van der Waals surface area contributed by atoms with E-state index in [2.05, 4.69) is 457 Å². The third kappa shape index (κ3) is 11.2. The second-order valence-electron chi connectivity index (χ2n) is 31.3. The number of thiophene rings is 1. The van der Waals surface area contributed by atoms with Crippen molar-refractivity contribution in [1.82, 2.24) is 18.3 Å². The van der Waals surface area contributed by atoms with E-state index >= 15 is 0 Å². The Morgan fingerprint density at radius 3 is 0.812 bits per heavy atom. The summed E-state index contributed by atoms with van der Waals surface area (Å²) in [6.07, 6.45) is 4.84. The Morgan fingerprint density at radius 1 is 0.214 bits per heavy atom. The van der Waals surface area contributed by atoms with Gasteiger partial charge >= 0.3 is 0 Å². The normalized spacial score (nSPS) is 12.7. The first-order chi connectivity index (χ1) is 57.8. The first kappa shape index (κ1) is 69.3. The summed E-state index contributed by atoms with van der Waals surface area (Å²) >= 11 is 1.87. The second kappa shape index (κ2) is 28.3. The summed E-state index contributed by atoms with van der Waals surface area (Å²) in [6.45, 7) is 5.05. The predicted molar refractivity (Wildman–Crippen MR) is 506 cm³/mol. The van der Waals surface area contributed by atoms with Crippen molar-refractivity contribution in [2.75, 3.05) is 0 Å². The molecule has 1 aliphatic rings. The second-order valence-corrected chi connectivity index (χ2v) is 36.6. The van der Waals surface area contributed by atoms with Crippen LogP contribution < -0.4 is 0 Å². The Morgan fingerprint density at radius 2 is 0.479 bits per heavy atom. The molecule has 0 atom stereocenters. The summed E-state index contributed by atoms with van der Waals surface area (Å²) in [5, 5.41) is 27.5. The van der Waals surface area contributed by atoms with Crippen LogP contribution in [0.1, 0.15) is 5.56 Å². The molecule has 0 saturated heterocycles. The first-order valence-electron chi connectivity index (χ1n) is 40.5. The van der Waals surface area contributed by atoms with Gasteiger partial charge in [0, 0.05) is 60.7 Å². The Bertz CT molecular complexity index is 7650. The van der Waals surface area contributed by atoms with Gasteiger partial charge in [-0.1, -0.05) is 365 Å². The molecule has 5 aromatic heterocycles. The number of rotatable bonds is 9. The van der Waals surface area contributed by atoms with E-state index in [0.717, 1.165) is 5.82 Å². The van der Waals surface area contributed by atoms with Crippen LogP contribution in [-0.4, -0.2) is 26.3 Å². The summed E-state index contributed by atoms with van der Waals surface area (Å²) in [6, 6.07) is 148. The van der Waals surface area contributed by atoms with Gasteiger partial charge < -0.3 is 13.7 Å². The van der Waals surface area contributed by atoms with Gasteiger partial charge in [0.2, 0.25) is 0 Å². The largest absolute Gasteiger partial charge is 0.330 e. The standard InChI is InChI=1S/C38H29NSi.C37H26N2.C36H23NS/c1-40(2)35(24-25-36(40)39-33-22-12-10-16-27(33)28-17-11-13-23-34(28)39)38-31-20-8-6-18-29(31)37(26-14-4-3-5-15-26)30-19-7-9-21-32(30)38;1-38-34(23-24-35(38)39-32-21-11-9-15-26(32)27-16-10-12-22-33(27)39)37-30-19-7-5-17-28(30)36(25-13-3-2-4-14-25)29-18-6-8-20-31(29)37;1-2-12-24(13-3-1)35-27-16-4-6-18-29(27)36(30-19-7-5-17-28(30)35)33-22-23-34(38-33)37-31-20-10-8-14-25(31)26-15-9-11-21-32(26)37/h3-25H,1-2H3;2-24H,1H3;1-23H. The summed E-state index contributed by atoms with van der Waals surface area (Å²) in [4.78, 5) is 1.29. The van der Waals surface area contributed by atoms with Crippen molar-refractivity contribution in [2.24, 2.45) is 7.05 Å². The van der Waals surface area contributed by atoms with Crippen molar-refractivity contribution >= 4 is 160 Å². The van der Waals surface area contributed by atoms with Gasteiger partial charge in [0.15, 0.2) is 0 Å². The Kier molecular flexibility index (Phi) is 16.8. The summed E-state index contributed by atoms with van der Waals surface area (Å²) in [5.41, 5.74) is 20.4. The average molecular weight is 1530 g/mol. The Balaban J connectivity index is 0.000000106. The third-order valence-electron chi connectivity index (χ3n) is 24.6. The molecule has 0 N–H and O–H groups in total. The highest BCUT2D eigenvalue weighted by atomic mass is 32.1. The lowest BCUT2D eigenvalue weighted by molar-refractivity contribution is 0.879. The van der Waals surface area contributed by atoms with Gasteiger partial charge in [-0.25, -0.2) is 0 Å². The van der Waals surface area contributed by atoms with Gasteiger partial charge in [-0.2, -0.15) is 0 Å². The average Bonchev–Trinajstić information content (AvgIpc) is 1.65. The van der Waals surface area contributed by atoms with Crippen LogP contribution >= 0.6 is 11.3 Å². The van der Waals surface area contributed by atoms with E-state index < -0.39 is 8.07 Å². The van der Waals surface area contributed by atoms with Crippen LogP contribution in [0.2, 0.25) is 13.1 Å². The quantitative estimate of drug-likeness (QED) is 0.101. The molecule has 6 heteroatoms. The zero-order chi connectivity index (χ0) is 77.8.